The molecular weight excluding hydrogens is 324 g/mol. The number of aromatic carboxylic acids is 1. The Bertz CT molecular complexity index is 588. The molecule has 0 aromatic carbocycles. The van der Waals surface area contributed by atoms with Gasteiger partial charge in [0.15, 0.2) is 9.84 Å². The van der Waals surface area contributed by atoms with E-state index in [1.54, 1.807) is 0 Å². The van der Waals surface area contributed by atoms with E-state index in [1.807, 2.05) is 0 Å². The number of anilines is 1. The summed E-state index contributed by atoms with van der Waals surface area (Å²) in [5, 5.41) is 11.8. The molecule has 1 saturated heterocycles. The number of sulfone groups is 1. The Kier molecular flexibility index (Phi) is 3.58. The lowest BCUT2D eigenvalue weighted by Crippen LogP contribution is -2.21. The van der Waals surface area contributed by atoms with Crippen LogP contribution in [-0.2, 0) is 9.84 Å². The van der Waals surface area contributed by atoms with Crippen molar-refractivity contribution < 1.29 is 18.3 Å². The SMILES string of the molecule is O=C(O)c1cnc(NC2CCS(=O)(=O)C2)c(Br)c1. The maximum atomic E-state index is 11.3. The molecule has 98 valence electrons. The normalized spacial score (nSPS) is 21.7. The van der Waals surface area contributed by atoms with E-state index >= 15 is 0 Å². The van der Waals surface area contributed by atoms with Gasteiger partial charge < -0.3 is 10.4 Å². The third kappa shape index (κ3) is 2.99. The molecule has 0 radical (unpaired) electrons. The van der Waals surface area contributed by atoms with Gasteiger partial charge in [-0.05, 0) is 28.4 Å². The molecule has 0 amide bonds. The number of hydrogen-bond acceptors (Lipinski definition) is 5. The standard InChI is InChI=1S/C10H11BrN2O4S/c11-8-3-6(10(14)15)4-12-9(8)13-7-1-2-18(16,17)5-7/h3-4,7H,1-2,5H2,(H,12,13)(H,14,15). The number of carboxylic acids is 1. The van der Waals surface area contributed by atoms with Gasteiger partial charge in [-0.15, -0.1) is 0 Å². The second kappa shape index (κ2) is 4.85. The maximum Gasteiger partial charge on any atom is 0.337 e. The first kappa shape index (κ1) is 13.3. The van der Waals surface area contributed by atoms with Gasteiger partial charge in [-0.3, -0.25) is 0 Å². The van der Waals surface area contributed by atoms with Crippen LogP contribution in [0, 0.1) is 0 Å². The smallest absolute Gasteiger partial charge is 0.337 e. The molecule has 18 heavy (non-hydrogen) atoms. The summed E-state index contributed by atoms with van der Waals surface area (Å²) < 4.78 is 23.1. The van der Waals surface area contributed by atoms with Crippen molar-refractivity contribution in [3.05, 3.63) is 22.3 Å². The van der Waals surface area contributed by atoms with Crippen molar-refractivity contribution >= 4 is 37.6 Å². The summed E-state index contributed by atoms with van der Waals surface area (Å²) in [7, 11) is -2.95. The molecule has 0 spiro atoms. The van der Waals surface area contributed by atoms with Gasteiger partial charge in [0.25, 0.3) is 0 Å². The van der Waals surface area contributed by atoms with E-state index in [2.05, 4.69) is 26.2 Å². The highest BCUT2D eigenvalue weighted by Gasteiger charge is 2.28. The van der Waals surface area contributed by atoms with Crippen LogP contribution in [0.1, 0.15) is 16.8 Å². The fraction of sp³-hybridized carbons (Fsp3) is 0.400. The van der Waals surface area contributed by atoms with Crippen molar-refractivity contribution in [3.63, 3.8) is 0 Å². The predicted octanol–water partition coefficient (Wildman–Crippen LogP) is 1.14. The van der Waals surface area contributed by atoms with Gasteiger partial charge in [0.1, 0.15) is 5.82 Å². The van der Waals surface area contributed by atoms with Gasteiger partial charge in [-0.25, -0.2) is 18.2 Å². The van der Waals surface area contributed by atoms with E-state index < -0.39 is 15.8 Å². The third-order valence-corrected chi connectivity index (χ3v) is 5.03. The summed E-state index contributed by atoms with van der Waals surface area (Å²) in [4.78, 5) is 14.7. The van der Waals surface area contributed by atoms with Crippen LogP contribution in [0.15, 0.2) is 16.7 Å². The Hall–Kier alpha value is -1.15. The molecule has 1 atom stereocenters. The first-order valence-electron chi connectivity index (χ1n) is 5.23. The second-order valence-corrected chi connectivity index (χ2v) is 7.19. The largest absolute Gasteiger partial charge is 0.478 e. The van der Waals surface area contributed by atoms with Crippen molar-refractivity contribution in [1.29, 1.82) is 0 Å². The van der Waals surface area contributed by atoms with E-state index in [0.717, 1.165) is 0 Å². The van der Waals surface area contributed by atoms with Gasteiger partial charge in [0.05, 0.1) is 21.5 Å². The molecule has 2 heterocycles. The number of carboxylic acid groups (broad SMARTS) is 1. The summed E-state index contributed by atoms with van der Waals surface area (Å²) >= 11 is 3.21. The maximum absolute atomic E-state index is 11.3. The van der Waals surface area contributed by atoms with Gasteiger partial charge in [0, 0.05) is 12.2 Å². The average molecular weight is 335 g/mol. The Balaban J connectivity index is 2.13. The molecule has 1 aromatic rings. The number of nitrogens with one attached hydrogen (secondary N) is 1. The number of hydrogen-bond donors (Lipinski definition) is 2. The first-order chi connectivity index (χ1) is 8.37. The van der Waals surface area contributed by atoms with Crippen molar-refractivity contribution in [1.82, 2.24) is 4.98 Å². The fourth-order valence-corrected chi connectivity index (χ4v) is 3.90. The number of nitrogens with zero attached hydrogens (tertiary/aromatic N) is 1. The molecule has 1 aromatic heterocycles. The van der Waals surface area contributed by atoms with E-state index in [1.165, 1.54) is 12.3 Å². The Morgan fingerprint density at radius 2 is 2.28 bits per heavy atom. The van der Waals surface area contributed by atoms with Crippen molar-refractivity contribution in [2.75, 3.05) is 16.8 Å². The summed E-state index contributed by atoms with van der Waals surface area (Å²) in [6, 6.07) is 1.26. The van der Waals surface area contributed by atoms with Crippen LogP contribution >= 0.6 is 15.9 Å². The molecule has 0 saturated carbocycles. The Morgan fingerprint density at radius 1 is 1.56 bits per heavy atom. The zero-order chi connectivity index (χ0) is 13.3. The molecule has 0 bridgehead atoms. The van der Waals surface area contributed by atoms with Crippen LogP contribution in [0.3, 0.4) is 0 Å². The number of halogens is 1. The summed E-state index contributed by atoms with van der Waals surface area (Å²) in [6.07, 6.45) is 1.77. The van der Waals surface area contributed by atoms with Gasteiger partial charge in [-0.1, -0.05) is 0 Å². The predicted molar refractivity (Wildman–Crippen MR) is 69.6 cm³/mol. The van der Waals surface area contributed by atoms with E-state index in [0.29, 0.717) is 16.7 Å². The van der Waals surface area contributed by atoms with Gasteiger partial charge in [-0.2, -0.15) is 0 Å². The molecule has 1 aliphatic rings. The Labute approximate surface area is 112 Å². The molecule has 0 aliphatic carbocycles. The number of aromatic nitrogens is 1. The number of rotatable bonds is 3. The highest BCUT2D eigenvalue weighted by Crippen LogP contribution is 2.24. The number of carbonyl (C=O) groups is 1. The zero-order valence-corrected chi connectivity index (χ0v) is 11.7. The fourth-order valence-electron chi connectivity index (χ4n) is 1.76. The molecule has 2 rings (SSSR count). The minimum absolute atomic E-state index is 0.0754. The lowest BCUT2D eigenvalue weighted by Gasteiger charge is -2.13. The lowest BCUT2D eigenvalue weighted by molar-refractivity contribution is 0.0696. The molecular formula is C10H11BrN2O4S. The van der Waals surface area contributed by atoms with Crippen LogP contribution in [0.25, 0.3) is 0 Å². The monoisotopic (exact) mass is 334 g/mol. The van der Waals surface area contributed by atoms with Crippen molar-refractivity contribution in [2.45, 2.75) is 12.5 Å². The highest BCUT2D eigenvalue weighted by atomic mass is 79.9. The molecule has 1 unspecified atom stereocenters. The molecule has 2 N–H and O–H groups in total. The van der Waals surface area contributed by atoms with Crippen LogP contribution in [0.2, 0.25) is 0 Å². The van der Waals surface area contributed by atoms with Crippen LogP contribution in [0.4, 0.5) is 5.82 Å². The van der Waals surface area contributed by atoms with Crippen molar-refractivity contribution in [3.8, 4) is 0 Å². The molecule has 1 fully saturated rings. The third-order valence-electron chi connectivity index (χ3n) is 2.66. The Morgan fingerprint density at radius 3 is 2.78 bits per heavy atom. The van der Waals surface area contributed by atoms with Gasteiger partial charge in [0.2, 0.25) is 0 Å². The highest BCUT2D eigenvalue weighted by molar-refractivity contribution is 9.10. The van der Waals surface area contributed by atoms with Crippen molar-refractivity contribution in [2.24, 2.45) is 0 Å². The van der Waals surface area contributed by atoms with Crippen LogP contribution < -0.4 is 5.32 Å². The molecule has 1 aliphatic heterocycles. The minimum Gasteiger partial charge on any atom is -0.478 e. The summed E-state index contributed by atoms with van der Waals surface area (Å²) in [6.45, 7) is 0. The quantitative estimate of drug-likeness (QED) is 0.860. The molecule has 6 nitrogen and oxygen atoms in total. The summed E-state index contributed by atoms with van der Waals surface area (Å²) in [5.74, 6) is -0.336. The minimum atomic E-state index is -2.95. The van der Waals surface area contributed by atoms with E-state index in [-0.39, 0.29) is 23.1 Å². The first-order valence-corrected chi connectivity index (χ1v) is 7.84. The van der Waals surface area contributed by atoms with E-state index in [9.17, 15) is 13.2 Å². The lowest BCUT2D eigenvalue weighted by atomic mass is 10.2. The number of pyridine rings is 1. The van der Waals surface area contributed by atoms with Crippen LogP contribution in [0.5, 0.6) is 0 Å². The summed E-state index contributed by atoms with van der Waals surface area (Å²) in [5.41, 5.74) is 0.0754. The van der Waals surface area contributed by atoms with Gasteiger partial charge >= 0.3 is 5.97 Å². The van der Waals surface area contributed by atoms with E-state index in [4.69, 9.17) is 5.11 Å². The molecule has 8 heteroatoms. The average Bonchev–Trinajstić information content (AvgIpc) is 2.61. The second-order valence-electron chi connectivity index (χ2n) is 4.10. The van der Waals surface area contributed by atoms with Crippen LogP contribution in [-0.4, -0.2) is 42.0 Å². The zero-order valence-electron chi connectivity index (χ0n) is 9.26. The topological polar surface area (TPSA) is 96.4 Å².